The standard InChI is InChI=1S/C38H42FN3O4/c1-22-28(8-6-10-30(22)39)20-42-16-15-24-18-27(11-12-29(24)21-42)34-33(26-13-14-31-25(19-26)9-7-17-45-31)32(23(2)41-36(34)40)35(37(43)44)46-38(3,4)5/h6,8,10-14,18-19,35H,7,9,15-17,20-21H2,1-5H3,(H2,40,41)(H,43,44). The summed E-state index contributed by atoms with van der Waals surface area (Å²) in [6, 6.07) is 17.6. The third-order valence-corrected chi connectivity index (χ3v) is 8.97. The van der Waals surface area contributed by atoms with E-state index >= 15 is 0 Å². The maximum atomic E-state index is 14.2. The first-order chi connectivity index (χ1) is 21.9. The molecule has 0 radical (unpaired) electrons. The van der Waals surface area contributed by atoms with Gasteiger partial charge in [0.1, 0.15) is 17.4 Å². The molecule has 3 N–H and O–H groups in total. The zero-order valence-electron chi connectivity index (χ0n) is 27.2. The van der Waals surface area contributed by atoms with E-state index in [0.717, 1.165) is 60.4 Å². The number of benzene rings is 3. The van der Waals surface area contributed by atoms with Gasteiger partial charge >= 0.3 is 5.97 Å². The number of rotatable bonds is 7. The Balaban J connectivity index is 1.46. The molecule has 2 aliphatic heterocycles. The fourth-order valence-corrected chi connectivity index (χ4v) is 6.72. The summed E-state index contributed by atoms with van der Waals surface area (Å²) < 4.78 is 26.3. The average Bonchev–Trinajstić information content (AvgIpc) is 3.01. The van der Waals surface area contributed by atoms with Crippen molar-refractivity contribution < 1.29 is 23.8 Å². The topological polar surface area (TPSA) is 97.9 Å². The second-order valence-corrected chi connectivity index (χ2v) is 13.4. The van der Waals surface area contributed by atoms with Crippen LogP contribution in [-0.4, -0.2) is 39.7 Å². The molecule has 3 aromatic carbocycles. The molecular formula is C38H42FN3O4. The van der Waals surface area contributed by atoms with Gasteiger partial charge in [0.05, 0.1) is 12.2 Å². The zero-order valence-corrected chi connectivity index (χ0v) is 27.2. The van der Waals surface area contributed by atoms with Crippen molar-refractivity contribution >= 4 is 11.8 Å². The first-order valence-corrected chi connectivity index (χ1v) is 15.9. The minimum Gasteiger partial charge on any atom is -0.493 e. The number of carboxylic acids is 1. The number of pyridine rings is 1. The molecule has 1 aromatic heterocycles. The van der Waals surface area contributed by atoms with Gasteiger partial charge in [-0.2, -0.15) is 0 Å². The summed E-state index contributed by atoms with van der Waals surface area (Å²) in [5.74, 6) is -0.0749. The molecule has 1 atom stereocenters. The molecule has 3 heterocycles. The summed E-state index contributed by atoms with van der Waals surface area (Å²) in [7, 11) is 0. The van der Waals surface area contributed by atoms with Gasteiger partial charge in [-0.1, -0.05) is 36.4 Å². The van der Waals surface area contributed by atoms with Crippen LogP contribution in [-0.2, 0) is 35.5 Å². The first-order valence-electron chi connectivity index (χ1n) is 15.9. The van der Waals surface area contributed by atoms with Crippen LogP contribution in [0.3, 0.4) is 0 Å². The molecule has 8 heteroatoms. The highest BCUT2D eigenvalue weighted by Gasteiger charge is 2.34. The van der Waals surface area contributed by atoms with Gasteiger partial charge < -0.3 is 20.3 Å². The SMILES string of the molecule is Cc1nc(N)c(-c2ccc3c(c2)CCN(Cc2cccc(F)c2C)C3)c(-c2ccc3c(c2)CCCO3)c1C(OC(C)(C)C)C(=O)O. The van der Waals surface area contributed by atoms with Gasteiger partial charge in [0, 0.05) is 42.0 Å². The Hall–Kier alpha value is -4.27. The van der Waals surface area contributed by atoms with E-state index in [0.29, 0.717) is 46.9 Å². The third-order valence-electron chi connectivity index (χ3n) is 8.97. The lowest BCUT2D eigenvalue weighted by molar-refractivity contribution is -0.160. The molecule has 0 saturated heterocycles. The predicted octanol–water partition coefficient (Wildman–Crippen LogP) is 7.58. The van der Waals surface area contributed by atoms with Crippen LogP contribution in [0.25, 0.3) is 22.3 Å². The molecule has 0 fully saturated rings. The van der Waals surface area contributed by atoms with E-state index in [1.54, 1.807) is 13.0 Å². The summed E-state index contributed by atoms with van der Waals surface area (Å²) in [5.41, 5.74) is 15.4. The zero-order chi connectivity index (χ0) is 32.7. The van der Waals surface area contributed by atoms with Crippen molar-refractivity contribution in [3.63, 3.8) is 0 Å². The number of fused-ring (bicyclic) bond motifs is 2. The van der Waals surface area contributed by atoms with Crippen molar-refractivity contribution in [3.8, 4) is 28.0 Å². The van der Waals surface area contributed by atoms with Gasteiger partial charge in [-0.25, -0.2) is 14.2 Å². The molecule has 7 nitrogen and oxygen atoms in total. The highest BCUT2D eigenvalue weighted by Crippen LogP contribution is 2.45. The molecular weight excluding hydrogens is 581 g/mol. The number of anilines is 1. The van der Waals surface area contributed by atoms with Crippen LogP contribution in [0.15, 0.2) is 54.6 Å². The second-order valence-electron chi connectivity index (χ2n) is 13.4. The normalized spacial score (nSPS) is 15.5. The highest BCUT2D eigenvalue weighted by atomic mass is 19.1. The van der Waals surface area contributed by atoms with Crippen molar-refractivity contribution in [1.29, 1.82) is 0 Å². The lowest BCUT2D eigenvalue weighted by Crippen LogP contribution is -2.30. The van der Waals surface area contributed by atoms with Gasteiger partial charge in [-0.05, 0) is 111 Å². The molecule has 0 aliphatic carbocycles. The molecule has 2 aliphatic rings. The number of aliphatic carboxylic acids is 1. The number of nitrogens with two attached hydrogens (primary N) is 1. The van der Waals surface area contributed by atoms with Crippen LogP contribution in [0.2, 0.25) is 0 Å². The largest absolute Gasteiger partial charge is 0.493 e. The van der Waals surface area contributed by atoms with Crippen LogP contribution < -0.4 is 10.5 Å². The lowest BCUT2D eigenvalue weighted by atomic mass is 9.85. The fourth-order valence-electron chi connectivity index (χ4n) is 6.72. The van der Waals surface area contributed by atoms with Gasteiger partial charge in [-0.15, -0.1) is 0 Å². The average molecular weight is 624 g/mol. The van der Waals surface area contributed by atoms with Crippen LogP contribution in [0, 0.1) is 19.7 Å². The van der Waals surface area contributed by atoms with Crippen LogP contribution in [0.1, 0.15) is 72.4 Å². The lowest BCUT2D eigenvalue weighted by Gasteiger charge is -2.31. The number of nitrogen functional groups attached to an aromatic ring is 1. The number of nitrogens with zero attached hydrogens (tertiary/aromatic N) is 2. The van der Waals surface area contributed by atoms with Gasteiger partial charge in [-0.3, -0.25) is 4.90 Å². The van der Waals surface area contributed by atoms with Gasteiger partial charge in [0.15, 0.2) is 6.10 Å². The van der Waals surface area contributed by atoms with Crippen molar-refractivity contribution in [3.05, 3.63) is 99.5 Å². The van der Waals surface area contributed by atoms with E-state index in [1.807, 2.05) is 52.0 Å². The van der Waals surface area contributed by atoms with Crippen LogP contribution >= 0.6 is 0 Å². The Morgan fingerprint density at radius 3 is 2.54 bits per heavy atom. The number of hydrogen-bond donors (Lipinski definition) is 2. The summed E-state index contributed by atoms with van der Waals surface area (Å²) >= 11 is 0. The molecule has 6 rings (SSSR count). The number of hydrogen-bond acceptors (Lipinski definition) is 6. The Labute approximate surface area is 270 Å². The molecule has 4 aromatic rings. The van der Waals surface area contributed by atoms with E-state index in [2.05, 4.69) is 23.1 Å². The summed E-state index contributed by atoms with van der Waals surface area (Å²) in [5, 5.41) is 10.5. The molecule has 0 saturated carbocycles. The van der Waals surface area contributed by atoms with Crippen molar-refractivity contribution in [2.75, 3.05) is 18.9 Å². The molecule has 0 spiro atoms. The van der Waals surface area contributed by atoms with Crippen molar-refractivity contribution in [2.24, 2.45) is 0 Å². The van der Waals surface area contributed by atoms with E-state index in [1.165, 1.54) is 17.2 Å². The minimum atomic E-state index is -1.26. The van der Waals surface area contributed by atoms with Crippen molar-refractivity contribution in [2.45, 2.75) is 78.7 Å². The molecule has 240 valence electrons. The predicted molar refractivity (Wildman–Crippen MR) is 178 cm³/mol. The molecule has 46 heavy (non-hydrogen) atoms. The van der Waals surface area contributed by atoms with Gasteiger partial charge in [0.2, 0.25) is 0 Å². The second kappa shape index (κ2) is 12.5. The number of halogens is 1. The van der Waals surface area contributed by atoms with Gasteiger partial charge in [0.25, 0.3) is 0 Å². The van der Waals surface area contributed by atoms with Crippen LogP contribution in [0.5, 0.6) is 5.75 Å². The highest BCUT2D eigenvalue weighted by molar-refractivity contribution is 5.95. The number of carboxylic acid groups (broad SMARTS) is 1. The monoisotopic (exact) mass is 623 g/mol. The first kappa shape index (κ1) is 31.7. The third kappa shape index (κ3) is 6.37. The number of aromatic nitrogens is 1. The Kier molecular flexibility index (Phi) is 8.61. The van der Waals surface area contributed by atoms with E-state index in [4.69, 9.17) is 20.2 Å². The van der Waals surface area contributed by atoms with E-state index in [-0.39, 0.29) is 5.82 Å². The van der Waals surface area contributed by atoms with E-state index in [9.17, 15) is 14.3 Å². The van der Waals surface area contributed by atoms with Crippen molar-refractivity contribution in [1.82, 2.24) is 9.88 Å². The quantitative estimate of drug-likeness (QED) is 0.219. The minimum absolute atomic E-state index is 0.177. The molecule has 1 unspecified atom stereocenters. The van der Waals surface area contributed by atoms with E-state index < -0.39 is 17.7 Å². The maximum Gasteiger partial charge on any atom is 0.337 e. The number of aryl methyl sites for hydroxylation is 2. The Morgan fingerprint density at radius 2 is 1.78 bits per heavy atom. The fraction of sp³-hybridized carbons (Fsp3) is 0.368. The summed E-state index contributed by atoms with van der Waals surface area (Å²) in [6.07, 6.45) is 1.35. The number of carbonyl (C=O) groups is 1. The maximum absolute atomic E-state index is 14.2. The van der Waals surface area contributed by atoms with Crippen LogP contribution in [0.4, 0.5) is 10.2 Å². The summed E-state index contributed by atoms with van der Waals surface area (Å²) in [4.78, 5) is 19.9. The Bertz CT molecular complexity index is 1810. The molecule has 0 amide bonds. The smallest absolute Gasteiger partial charge is 0.337 e. The number of ether oxygens (including phenoxy) is 2. The summed E-state index contributed by atoms with van der Waals surface area (Å²) in [6.45, 7) is 12.1. The molecule has 0 bridgehead atoms. The Morgan fingerprint density at radius 1 is 1.04 bits per heavy atom.